The van der Waals surface area contributed by atoms with E-state index in [0.29, 0.717) is 5.88 Å². The van der Waals surface area contributed by atoms with Crippen LogP contribution in [0.15, 0.2) is 30.3 Å². The van der Waals surface area contributed by atoms with Crippen molar-refractivity contribution in [2.24, 2.45) is 0 Å². The number of hydrogen-bond donors (Lipinski definition) is 1. The second-order valence-electron chi connectivity index (χ2n) is 3.90. The molecule has 0 spiro atoms. The smallest absolute Gasteiger partial charge is 0.134 e. The predicted molar refractivity (Wildman–Crippen MR) is 70.8 cm³/mol. The van der Waals surface area contributed by atoms with Gasteiger partial charge < -0.3 is 5.32 Å². The highest BCUT2D eigenvalue weighted by Gasteiger charge is 2.00. The lowest BCUT2D eigenvalue weighted by Gasteiger charge is -2.08. The van der Waals surface area contributed by atoms with Gasteiger partial charge in [0.05, 0.1) is 0 Å². The van der Waals surface area contributed by atoms with Gasteiger partial charge in [-0.3, -0.25) is 0 Å². The topological polar surface area (TPSA) is 37.8 Å². The maximum absolute atomic E-state index is 5.80. The summed E-state index contributed by atoms with van der Waals surface area (Å²) >= 11 is 5.80. The van der Waals surface area contributed by atoms with Crippen LogP contribution in [0.3, 0.4) is 0 Å². The molecule has 0 saturated heterocycles. The highest BCUT2D eigenvalue weighted by atomic mass is 35.5. The van der Waals surface area contributed by atoms with Crippen molar-refractivity contribution in [3.63, 3.8) is 0 Å². The Morgan fingerprint density at radius 1 is 1.18 bits per heavy atom. The molecule has 1 N–H and O–H groups in total. The van der Waals surface area contributed by atoms with Crippen LogP contribution in [-0.2, 0) is 5.88 Å². The molecule has 3 nitrogen and oxygen atoms in total. The van der Waals surface area contributed by atoms with Gasteiger partial charge in [-0.2, -0.15) is 0 Å². The van der Waals surface area contributed by atoms with E-state index in [1.165, 1.54) is 0 Å². The molecule has 0 atom stereocenters. The van der Waals surface area contributed by atoms with Crippen molar-refractivity contribution in [3.8, 4) is 0 Å². The molecule has 17 heavy (non-hydrogen) atoms. The van der Waals surface area contributed by atoms with E-state index >= 15 is 0 Å². The molecule has 2 rings (SSSR count). The Kier molecular flexibility index (Phi) is 3.59. The fraction of sp³-hybridized carbons (Fsp3) is 0.231. The molecule has 0 bridgehead atoms. The van der Waals surface area contributed by atoms with Gasteiger partial charge in [-0.15, -0.1) is 11.6 Å². The monoisotopic (exact) mass is 247 g/mol. The summed E-state index contributed by atoms with van der Waals surface area (Å²) in [6.45, 7) is 3.84. The summed E-state index contributed by atoms with van der Waals surface area (Å²) in [5.74, 6) is 2.08. The first-order chi connectivity index (χ1) is 8.17. The Morgan fingerprint density at radius 2 is 2.00 bits per heavy atom. The minimum Gasteiger partial charge on any atom is -0.340 e. The lowest BCUT2D eigenvalue weighted by Crippen LogP contribution is -1.98. The number of rotatable bonds is 3. The standard InChI is InChI=1S/C13H14ClN3/c1-9-6-13(16-10(2)15-9)17-12-5-3-4-11(7-12)8-14/h3-7H,8H2,1-2H3,(H,15,16,17). The number of hydrogen-bond acceptors (Lipinski definition) is 3. The SMILES string of the molecule is Cc1cc(Nc2cccc(CCl)c2)nc(C)n1. The maximum atomic E-state index is 5.80. The lowest BCUT2D eigenvalue weighted by molar-refractivity contribution is 1.01. The van der Waals surface area contributed by atoms with Crippen LogP contribution in [0.1, 0.15) is 17.1 Å². The molecule has 1 aromatic heterocycles. The fourth-order valence-corrected chi connectivity index (χ4v) is 1.83. The zero-order chi connectivity index (χ0) is 12.3. The van der Waals surface area contributed by atoms with E-state index < -0.39 is 0 Å². The van der Waals surface area contributed by atoms with Gasteiger partial charge in [0.2, 0.25) is 0 Å². The van der Waals surface area contributed by atoms with Crippen molar-refractivity contribution in [3.05, 3.63) is 47.4 Å². The van der Waals surface area contributed by atoms with Crippen LogP contribution in [0.4, 0.5) is 11.5 Å². The van der Waals surface area contributed by atoms with Gasteiger partial charge in [-0.25, -0.2) is 9.97 Å². The Bertz CT molecular complexity index is 506. The number of alkyl halides is 1. The maximum Gasteiger partial charge on any atom is 0.134 e. The average Bonchev–Trinajstić information content (AvgIpc) is 2.28. The first-order valence-electron chi connectivity index (χ1n) is 5.41. The molecule has 0 unspecified atom stereocenters. The minimum absolute atomic E-state index is 0.511. The van der Waals surface area contributed by atoms with Gasteiger partial charge in [-0.1, -0.05) is 12.1 Å². The molecule has 0 amide bonds. The molecule has 0 aliphatic carbocycles. The molecule has 0 aliphatic rings. The van der Waals surface area contributed by atoms with Crippen molar-refractivity contribution in [2.75, 3.05) is 5.32 Å². The summed E-state index contributed by atoms with van der Waals surface area (Å²) in [6, 6.07) is 9.89. The van der Waals surface area contributed by atoms with Crippen LogP contribution in [0, 0.1) is 13.8 Å². The van der Waals surface area contributed by atoms with E-state index in [-0.39, 0.29) is 0 Å². The van der Waals surface area contributed by atoms with Crippen LogP contribution in [0.25, 0.3) is 0 Å². The van der Waals surface area contributed by atoms with Gasteiger partial charge in [-0.05, 0) is 31.5 Å². The molecular formula is C13H14ClN3. The number of anilines is 2. The zero-order valence-electron chi connectivity index (χ0n) is 9.87. The first kappa shape index (κ1) is 11.9. The van der Waals surface area contributed by atoms with Gasteiger partial charge in [0.15, 0.2) is 0 Å². The third kappa shape index (κ3) is 3.17. The number of benzene rings is 1. The molecule has 0 radical (unpaired) electrons. The first-order valence-corrected chi connectivity index (χ1v) is 5.95. The third-order valence-electron chi connectivity index (χ3n) is 2.32. The van der Waals surface area contributed by atoms with Crippen LogP contribution >= 0.6 is 11.6 Å². The number of nitrogens with zero attached hydrogens (tertiary/aromatic N) is 2. The van der Waals surface area contributed by atoms with Gasteiger partial charge in [0.25, 0.3) is 0 Å². The molecule has 4 heteroatoms. The Balaban J connectivity index is 2.24. The normalized spacial score (nSPS) is 10.3. The Hall–Kier alpha value is -1.61. The van der Waals surface area contributed by atoms with E-state index in [1.807, 2.05) is 44.2 Å². The van der Waals surface area contributed by atoms with Gasteiger partial charge >= 0.3 is 0 Å². The fourth-order valence-electron chi connectivity index (χ4n) is 1.66. The minimum atomic E-state index is 0.511. The van der Waals surface area contributed by atoms with Crippen molar-refractivity contribution in [1.29, 1.82) is 0 Å². The average molecular weight is 248 g/mol. The molecule has 0 fully saturated rings. The highest BCUT2D eigenvalue weighted by Crippen LogP contribution is 2.17. The number of halogens is 1. The molecular weight excluding hydrogens is 234 g/mol. The van der Waals surface area contributed by atoms with E-state index in [9.17, 15) is 0 Å². The quantitative estimate of drug-likeness (QED) is 0.843. The van der Waals surface area contributed by atoms with E-state index in [1.54, 1.807) is 0 Å². The van der Waals surface area contributed by atoms with Gasteiger partial charge in [0, 0.05) is 23.3 Å². The van der Waals surface area contributed by atoms with Crippen molar-refractivity contribution in [1.82, 2.24) is 9.97 Å². The van der Waals surface area contributed by atoms with Crippen LogP contribution < -0.4 is 5.32 Å². The van der Waals surface area contributed by atoms with Crippen LogP contribution in [-0.4, -0.2) is 9.97 Å². The zero-order valence-corrected chi connectivity index (χ0v) is 10.6. The van der Waals surface area contributed by atoms with E-state index in [4.69, 9.17) is 11.6 Å². The second kappa shape index (κ2) is 5.15. The predicted octanol–water partition coefficient (Wildman–Crippen LogP) is 3.58. The number of aromatic nitrogens is 2. The number of nitrogens with one attached hydrogen (secondary N) is 1. The van der Waals surface area contributed by atoms with Crippen molar-refractivity contribution < 1.29 is 0 Å². The third-order valence-corrected chi connectivity index (χ3v) is 2.63. The van der Waals surface area contributed by atoms with Crippen LogP contribution in [0.5, 0.6) is 0 Å². The Morgan fingerprint density at radius 3 is 2.71 bits per heavy atom. The summed E-state index contributed by atoms with van der Waals surface area (Å²) in [6.07, 6.45) is 0. The van der Waals surface area contributed by atoms with Crippen LogP contribution in [0.2, 0.25) is 0 Å². The molecule has 1 aromatic carbocycles. The molecule has 2 aromatic rings. The summed E-state index contributed by atoms with van der Waals surface area (Å²) in [4.78, 5) is 8.57. The summed E-state index contributed by atoms with van der Waals surface area (Å²) in [5, 5.41) is 3.25. The molecule has 0 aliphatic heterocycles. The molecule has 0 saturated carbocycles. The summed E-state index contributed by atoms with van der Waals surface area (Å²) in [5.41, 5.74) is 3.02. The van der Waals surface area contributed by atoms with Gasteiger partial charge in [0.1, 0.15) is 11.6 Å². The Labute approximate surface area is 106 Å². The van der Waals surface area contributed by atoms with Crippen molar-refractivity contribution in [2.45, 2.75) is 19.7 Å². The molecule has 88 valence electrons. The largest absolute Gasteiger partial charge is 0.340 e. The summed E-state index contributed by atoms with van der Waals surface area (Å²) < 4.78 is 0. The lowest BCUT2D eigenvalue weighted by atomic mass is 10.2. The number of aryl methyl sites for hydroxylation is 2. The molecule has 1 heterocycles. The summed E-state index contributed by atoms with van der Waals surface area (Å²) in [7, 11) is 0. The van der Waals surface area contributed by atoms with Crippen molar-refractivity contribution >= 4 is 23.1 Å². The second-order valence-corrected chi connectivity index (χ2v) is 4.17. The van der Waals surface area contributed by atoms with E-state index in [2.05, 4.69) is 15.3 Å². The van der Waals surface area contributed by atoms with E-state index in [0.717, 1.165) is 28.6 Å². The highest BCUT2D eigenvalue weighted by molar-refractivity contribution is 6.17.